The first-order chi connectivity index (χ1) is 8.66. The second-order valence-corrected chi connectivity index (χ2v) is 4.56. The van der Waals surface area contributed by atoms with Crippen molar-refractivity contribution >= 4 is 29.2 Å². The summed E-state index contributed by atoms with van der Waals surface area (Å²) in [6, 6.07) is 6.80. The monoisotopic (exact) mass is 283 g/mol. The first-order valence-corrected chi connectivity index (χ1v) is 6.27. The van der Waals surface area contributed by atoms with Gasteiger partial charge in [0.2, 0.25) is 0 Å². The molecule has 1 heterocycles. The molecule has 2 aromatic rings. The van der Waals surface area contributed by atoms with E-state index in [1.165, 1.54) is 6.20 Å². The fourth-order valence-electron chi connectivity index (χ4n) is 1.35. The molecule has 1 aromatic carbocycles. The molecule has 0 bridgehead atoms. The van der Waals surface area contributed by atoms with Gasteiger partial charge < -0.3 is 10.4 Å². The van der Waals surface area contributed by atoms with Crippen molar-refractivity contribution in [2.24, 2.45) is 0 Å². The lowest BCUT2D eigenvalue weighted by Crippen LogP contribution is -2.28. The van der Waals surface area contributed by atoms with E-state index in [1.807, 2.05) is 0 Å². The zero-order chi connectivity index (χ0) is 13.0. The van der Waals surface area contributed by atoms with Gasteiger partial charge in [-0.3, -0.25) is 4.79 Å². The maximum atomic E-state index is 11.6. The second-order valence-electron chi connectivity index (χ2n) is 3.57. The highest BCUT2D eigenvalue weighted by Gasteiger charge is 2.12. The van der Waals surface area contributed by atoms with Crippen LogP contribution in [0.25, 0.3) is 0 Å². The SMILES string of the molecule is O=C(NCC(O)c1ccc(Cl)cc1)c1cnsn1. The van der Waals surface area contributed by atoms with E-state index in [1.54, 1.807) is 24.3 Å². The molecule has 0 fully saturated rings. The van der Waals surface area contributed by atoms with Gasteiger partial charge in [-0.05, 0) is 17.7 Å². The average Bonchev–Trinajstić information content (AvgIpc) is 2.90. The first-order valence-electron chi connectivity index (χ1n) is 5.16. The van der Waals surface area contributed by atoms with Crippen molar-refractivity contribution in [2.75, 3.05) is 6.54 Å². The predicted molar refractivity (Wildman–Crippen MR) is 68.7 cm³/mol. The van der Waals surface area contributed by atoms with Gasteiger partial charge in [0.15, 0.2) is 5.69 Å². The molecule has 1 aromatic heterocycles. The molecular weight excluding hydrogens is 274 g/mol. The Hall–Kier alpha value is -1.50. The number of halogens is 1. The van der Waals surface area contributed by atoms with Gasteiger partial charge in [0.1, 0.15) is 0 Å². The van der Waals surface area contributed by atoms with Crippen LogP contribution in [0.15, 0.2) is 30.5 Å². The molecule has 5 nitrogen and oxygen atoms in total. The molecule has 0 saturated heterocycles. The minimum atomic E-state index is -0.780. The second kappa shape index (κ2) is 5.90. The third-order valence-corrected chi connectivity index (χ3v) is 3.03. The van der Waals surface area contributed by atoms with Crippen molar-refractivity contribution < 1.29 is 9.90 Å². The topological polar surface area (TPSA) is 75.1 Å². The number of carbonyl (C=O) groups excluding carboxylic acids is 1. The molecular formula is C11H10ClN3O2S. The molecule has 1 amide bonds. The van der Waals surface area contributed by atoms with E-state index >= 15 is 0 Å². The smallest absolute Gasteiger partial charge is 0.272 e. The van der Waals surface area contributed by atoms with Gasteiger partial charge in [-0.25, -0.2) is 0 Å². The summed E-state index contributed by atoms with van der Waals surface area (Å²) in [6.07, 6.45) is 0.604. The molecule has 7 heteroatoms. The number of amides is 1. The third kappa shape index (κ3) is 3.25. The third-order valence-electron chi connectivity index (χ3n) is 2.30. The zero-order valence-electron chi connectivity index (χ0n) is 9.21. The van der Waals surface area contributed by atoms with Crippen LogP contribution in [-0.4, -0.2) is 26.3 Å². The van der Waals surface area contributed by atoms with E-state index in [0.717, 1.165) is 11.7 Å². The average molecular weight is 284 g/mol. The van der Waals surface area contributed by atoms with E-state index in [9.17, 15) is 9.90 Å². The van der Waals surface area contributed by atoms with Gasteiger partial charge in [0.05, 0.1) is 24.0 Å². The molecule has 2 rings (SSSR count). The number of hydrogen-bond acceptors (Lipinski definition) is 5. The Morgan fingerprint density at radius 1 is 1.44 bits per heavy atom. The Balaban J connectivity index is 1.90. The van der Waals surface area contributed by atoms with Crippen molar-refractivity contribution in [2.45, 2.75) is 6.10 Å². The largest absolute Gasteiger partial charge is 0.387 e. The normalized spacial score (nSPS) is 12.1. The van der Waals surface area contributed by atoms with Crippen LogP contribution < -0.4 is 5.32 Å². The lowest BCUT2D eigenvalue weighted by atomic mass is 10.1. The zero-order valence-corrected chi connectivity index (χ0v) is 10.8. The molecule has 1 atom stereocenters. The maximum absolute atomic E-state index is 11.6. The van der Waals surface area contributed by atoms with Crippen LogP contribution in [0.3, 0.4) is 0 Å². The molecule has 0 radical (unpaired) electrons. The number of aliphatic hydroxyl groups excluding tert-OH is 1. The lowest BCUT2D eigenvalue weighted by Gasteiger charge is -2.11. The van der Waals surface area contributed by atoms with Crippen LogP contribution >= 0.6 is 23.3 Å². The minimum Gasteiger partial charge on any atom is -0.387 e. The highest BCUT2D eigenvalue weighted by Crippen LogP contribution is 2.15. The van der Waals surface area contributed by atoms with E-state index in [4.69, 9.17) is 11.6 Å². The summed E-state index contributed by atoms with van der Waals surface area (Å²) < 4.78 is 7.53. The summed E-state index contributed by atoms with van der Waals surface area (Å²) in [6.45, 7) is 0.109. The number of aliphatic hydroxyl groups is 1. The van der Waals surface area contributed by atoms with Gasteiger partial charge in [-0.2, -0.15) is 8.75 Å². The number of carbonyl (C=O) groups is 1. The number of rotatable bonds is 4. The van der Waals surface area contributed by atoms with Crippen LogP contribution in [0.4, 0.5) is 0 Å². The molecule has 0 spiro atoms. The van der Waals surface area contributed by atoms with Crippen molar-refractivity contribution in [1.29, 1.82) is 0 Å². The summed E-state index contributed by atoms with van der Waals surface area (Å²) in [5, 5.41) is 13.0. The Morgan fingerprint density at radius 2 is 2.17 bits per heavy atom. The molecule has 0 saturated carbocycles. The summed E-state index contributed by atoms with van der Waals surface area (Å²) >= 11 is 6.71. The summed E-state index contributed by atoms with van der Waals surface area (Å²) in [7, 11) is 0. The molecule has 0 aliphatic rings. The molecule has 94 valence electrons. The van der Waals surface area contributed by atoms with E-state index in [0.29, 0.717) is 10.6 Å². The number of nitrogens with one attached hydrogen (secondary N) is 1. The van der Waals surface area contributed by atoms with Crippen LogP contribution in [0.2, 0.25) is 5.02 Å². The summed E-state index contributed by atoms with van der Waals surface area (Å²) in [4.78, 5) is 11.6. The Bertz CT molecular complexity index is 516. The molecule has 2 N–H and O–H groups in total. The Labute approximate surface area is 113 Å². The van der Waals surface area contributed by atoms with Crippen molar-refractivity contribution in [3.8, 4) is 0 Å². The lowest BCUT2D eigenvalue weighted by molar-refractivity contribution is 0.0912. The quantitative estimate of drug-likeness (QED) is 0.895. The van der Waals surface area contributed by atoms with Crippen LogP contribution in [-0.2, 0) is 0 Å². The molecule has 18 heavy (non-hydrogen) atoms. The number of hydrogen-bond donors (Lipinski definition) is 2. The van der Waals surface area contributed by atoms with Gasteiger partial charge >= 0.3 is 0 Å². The Kier molecular flexibility index (Phi) is 4.24. The highest BCUT2D eigenvalue weighted by atomic mass is 35.5. The van der Waals surface area contributed by atoms with Crippen molar-refractivity contribution in [3.05, 3.63) is 46.7 Å². The van der Waals surface area contributed by atoms with Crippen LogP contribution in [0, 0.1) is 0 Å². The highest BCUT2D eigenvalue weighted by molar-refractivity contribution is 6.99. The predicted octanol–water partition coefficient (Wildman–Crippen LogP) is 1.65. The van der Waals surface area contributed by atoms with Crippen molar-refractivity contribution in [1.82, 2.24) is 14.1 Å². The van der Waals surface area contributed by atoms with Gasteiger partial charge in [-0.15, -0.1) is 0 Å². The summed E-state index contributed by atoms with van der Waals surface area (Å²) in [5.74, 6) is -0.350. The fourth-order valence-corrected chi connectivity index (χ4v) is 1.89. The number of aromatic nitrogens is 2. The first kappa shape index (κ1) is 12.9. The van der Waals surface area contributed by atoms with E-state index < -0.39 is 6.10 Å². The molecule has 0 aliphatic heterocycles. The number of nitrogens with zero attached hydrogens (tertiary/aromatic N) is 2. The van der Waals surface area contributed by atoms with Crippen LogP contribution in [0.1, 0.15) is 22.2 Å². The van der Waals surface area contributed by atoms with Gasteiger partial charge in [0.25, 0.3) is 5.91 Å². The van der Waals surface area contributed by atoms with Crippen LogP contribution in [0.5, 0.6) is 0 Å². The van der Waals surface area contributed by atoms with E-state index in [2.05, 4.69) is 14.1 Å². The standard InChI is InChI=1S/C11H10ClN3O2S/c12-8-3-1-7(2-4-8)10(16)6-13-11(17)9-5-14-18-15-9/h1-5,10,16H,6H2,(H,13,17). The molecule has 0 aliphatic carbocycles. The Morgan fingerprint density at radius 3 is 2.78 bits per heavy atom. The van der Waals surface area contributed by atoms with Gasteiger partial charge in [-0.1, -0.05) is 23.7 Å². The summed E-state index contributed by atoms with van der Waals surface area (Å²) in [5.41, 5.74) is 0.944. The maximum Gasteiger partial charge on any atom is 0.272 e. The minimum absolute atomic E-state index is 0.109. The van der Waals surface area contributed by atoms with Crippen molar-refractivity contribution in [3.63, 3.8) is 0 Å². The van der Waals surface area contributed by atoms with Gasteiger partial charge in [0, 0.05) is 11.6 Å². The van der Waals surface area contributed by atoms with E-state index in [-0.39, 0.29) is 18.1 Å². The number of benzene rings is 1. The molecule has 1 unspecified atom stereocenters. The fraction of sp³-hybridized carbons (Fsp3) is 0.182.